The minimum absolute atomic E-state index is 0.00323. The first-order chi connectivity index (χ1) is 12.8. The predicted molar refractivity (Wildman–Crippen MR) is 102 cm³/mol. The zero-order valence-electron chi connectivity index (χ0n) is 15.8. The van der Waals surface area contributed by atoms with E-state index in [1.165, 1.54) is 59.6 Å². The molecule has 2 rings (SSSR count). The lowest BCUT2D eigenvalue weighted by Gasteiger charge is -2.14. The molecule has 0 saturated carbocycles. The number of phenolic OH excluding ortho intramolecular Hbond substituents is 1. The van der Waals surface area contributed by atoms with Gasteiger partial charge in [0, 0.05) is 17.0 Å². The molecule has 1 N–H and O–H groups in total. The lowest BCUT2D eigenvalue weighted by Crippen LogP contribution is -2.05. The van der Waals surface area contributed by atoms with Gasteiger partial charge < -0.3 is 24.1 Å². The summed E-state index contributed by atoms with van der Waals surface area (Å²) < 4.78 is 46.6. The van der Waals surface area contributed by atoms with Gasteiger partial charge in [0.05, 0.1) is 33.3 Å². The molecule has 0 radical (unpaired) electrons. The van der Waals surface area contributed by atoms with Crippen molar-refractivity contribution in [3.05, 3.63) is 40.8 Å². The molecule has 0 aliphatic heterocycles. The van der Waals surface area contributed by atoms with Crippen LogP contribution in [0.15, 0.2) is 40.1 Å². The zero-order valence-corrected chi connectivity index (χ0v) is 16.6. The number of phenols is 1. The standard InChI is InChI=1S/C19H22O7S/c1-12(8-13-6-7-16(23-2)15(20)9-13)27(21,22)14-10-17(24-3)19(26-5)18(11-14)25-4/h6-11,20H,1-5H3/b12-8+. The molecule has 0 spiro atoms. The van der Waals surface area contributed by atoms with Crippen LogP contribution in [0.1, 0.15) is 12.5 Å². The summed E-state index contributed by atoms with van der Waals surface area (Å²) in [7, 11) is 1.88. The first-order valence-electron chi connectivity index (χ1n) is 7.88. The maximum absolute atomic E-state index is 13.0. The molecule has 0 saturated heterocycles. The number of benzene rings is 2. The molecular weight excluding hydrogens is 372 g/mol. The van der Waals surface area contributed by atoms with E-state index >= 15 is 0 Å². The fourth-order valence-electron chi connectivity index (χ4n) is 2.51. The van der Waals surface area contributed by atoms with Gasteiger partial charge >= 0.3 is 0 Å². The summed E-state index contributed by atoms with van der Waals surface area (Å²) in [6, 6.07) is 7.37. The van der Waals surface area contributed by atoms with Crippen molar-refractivity contribution in [3.63, 3.8) is 0 Å². The Morgan fingerprint density at radius 2 is 1.44 bits per heavy atom. The SMILES string of the molecule is COc1ccc(/C=C(\C)S(=O)(=O)c2cc(OC)c(OC)c(OC)c2)cc1O. The van der Waals surface area contributed by atoms with Crippen molar-refractivity contribution in [2.24, 2.45) is 0 Å². The molecule has 8 heteroatoms. The second kappa shape index (κ2) is 8.22. The van der Waals surface area contributed by atoms with E-state index in [-0.39, 0.29) is 27.0 Å². The van der Waals surface area contributed by atoms with Crippen molar-refractivity contribution in [1.29, 1.82) is 0 Å². The van der Waals surface area contributed by atoms with E-state index in [9.17, 15) is 13.5 Å². The Balaban J connectivity index is 2.52. The van der Waals surface area contributed by atoms with Gasteiger partial charge in [0.15, 0.2) is 23.0 Å². The van der Waals surface area contributed by atoms with Crippen LogP contribution in [0.25, 0.3) is 6.08 Å². The fourth-order valence-corrected chi connectivity index (χ4v) is 3.69. The topological polar surface area (TPSA) is 91.3 Å². The first kappa shape index (κ1) is 20.4. The van der Waals surface area contributed by atoms with Crippen LogP contribution in [0.4, 0.5) is 0 Å². The molecule has 0 unspecified atom stereocenters. The summed E-state index contributed by atoms with van der Waals surface area (Å²) in [6.45, 7) is 1.47. The average Bonchev–Trinajstić information content (AvgIpc) is 2.66. The first-order valence-corrected chi connectivity index (χ1v) is 9.37. The summed E-state index contributed by atoms with van der Waals surface area (Å²) in [5, 5.41) is 9.87. The van der Waals surface area contributed by atoms with Gasteiger partial charge in [0.25, 0.3) is 0 Å². The highest BCUT2D eigenvalue weighted by molar-refractivity contribution is 7.95. The van der Waals surface area contributed by atoms with Gasteiger partial charge in [-0.15, -0.1) is 0 Å². The lowest BCUT2D eigenvalue weighted by atomic mass is 10.2. The molecule has 0 atom stereocenters. The van der Waals surface area contributed by atoms with E-state index in [0.29, 0.717) is 17.1 Å². The fraction of sp³-hybridized carbons (Fsp3) is 0.263. The summed E-state index contributed by atoms with van der Waals surface area (Å²) in [6.07, 6.45) is 1.46. The van der Waals surface area contributed by atoms with Crippen LogP contribution in [-0.2, 0) is 9.84 Å². The van der Waals surface area contributed by atoms with Gasteiger partial charge in [-0.2, -0.15) is 0 Å². The molecule has 2 aromatic rings. The number of sulfone groups is 1. The van der Waals surface area contributed by atoms with Crippen molar-refractivity contribution < 1.29 is 32.5 Å². The Bertz CT molecular complexity index is 937. The summed E-state index contributed by atoms with van der Waals surface area (Å²) in [5.74, 6) is 1.01. The molecule has 146 valence electrons. The lowest BCUT2D eigenvalue weighted by molar-refractivity contribution is 0.323. The monoisotopic (exact) mass is 394 g/mol. The smallest absolute Gasteiger partial charge is 0.203 e. The molecule has 0 heterocycles. The minimum atomic E-state index is -3.82. The van der Waals surface area contributed by atoms with Crippen LogP contribution in [0.3, 0.4) is 0 Å². The van der Waals surface area contributed by atoms with Crippen LogP contribution < -0.4 is 18.9 Å². The largest absolute Gasteiger partial charge is 0.504 e. The number of aromatic hydroxyl groups is 1. The van der Waals surface area contributed by atoms with Gasteiger partial charge in [-0.05, 0) is 30.7 Å². The second-order valence-electron chi connectivity index (χ2n) is 5.55. The molecule has 0 aromatic heterocycles. The van der Waals surface area contributed by atoms with E-state index in [1.54, 1.807) is 12.1 Å². The van der Waals surface area contributed by atoms with Gasteiger partial charge in [-0.25, -0.2) is 8.42 Å². The quantitative estimate of drug-likeness (QED) is 0.771. The van der Waals surface area contributed by atoms with Gasteiger partial charge in [0.2, 0.25) is 15.6 Å². The third kappa shape index (κ3) is 4.11. The van der Waals surface area contributed by atoms with Crippen molar-refractivity contribution >= 4 is 15.9 Å². The van der Waals surface area contributed by atoms with Crippen LogP contribution in [0.2, 0.25) is 0 Å². The molecule has 0 aliphatic carbocycles. The third-order valence-electron chi connectivity index (χ3n) is 3.95. The Morgan fingerprint density at radius 1 is 0.889 bits per heavy atom. The molecule has 0 fully saturated rings. The molecular formula is C19H22O7S. The molecule has 0 aliphatic rings. The van der Waals surface area contributed by atoms with E-state index in [0.717, 1.165) is 0 Å². The highest BCUT2D eigenvalue weighted by atomic mass is 32.2. The second-order valence-corrected chi connectivity index (χ2v) is 7.67. The number of methoxy groups -OCH3 is 4. The van der Waals surface area contributed by atoms with E-state index in [1.807, 2.05) is 0 Å². The van der Waals surface area contributed by atoms with E-state index in [2.05, 4.69) is 0 Å². The maximum atomic E-state index is 13.0. The number of hydrogen-bond acceptors (Lipinski definition) is 7. The maximum Gasteiger partial charge on any atom is 0.203 e. The van der Waals surface area contributed by atoms with E-state index < -0.39 is 9.84 Å². The van der Waals surface area contributed by atoms with Crippen molar-refractivity contribution in [1.82, 2.24) is 0 Å². The average molecular weight is 394 g/mol. The van der Waals surface area contributed by atoms with Gasteiger partial charge in [-0.3, -0.25) is 0 Å². The summed E-state index contributed by atoms with van der Waals surface area (Å²) in [5.41, 5.74) is 0.516. The Hall–Kier alpha value is -2.87. The van der Waals surface area contributed by atoms with Crippen molar-refractivity contribution in [2.75, 3.05) is 28.4 Å². The molecule has 0 bridgehead atoms. The third-order valence-corrected chi connectivity index (χ3v) is 5.77. The number of allylic oxidation sites excluding steroid dienone is 1. The molecule has 27 heavy (non-hydrogen) atoms. The Labute approximate surface area is 158 Å². The predicted octanol–water partition coefficient (Wildman–Crippen LogP) is 3.26. The zero-order chi connectivity index (χ0) is 20.2. The molecule has 2 aromatic carbocycles. The van der Waals surface area contributed by atoms with Crippen molar-refractivity contribution in [3.8, 4) is 28.7 Å². The van der Waals surface area contributed by atoms with Gasteiger partial charge in [-0.1, -0.05) is 6.07 Å². The van der Waals surface area contributed by atoms with Crippen LogP contribution in [0, 0.1) is 0 Å². The highest BCUT2D eigenvalue weighted by Gasteiger charge is 2.23. The van der Waals surface area contributed by atoms with Gasteiger partial charge in [0.1, 0.15) is 0 Å². The summed E-state index contributed by atoms with van der Waals surface area (Å²) in [4.78, 5) is 0.0878. The normalized spacial score (nSPS) is 11.8. The molecule has 7 nitrogen and oxygen atoms in total. The number of hydrogen-bond donors (Lipinski definition) is 1. The van der Waals surface area contributed by atoms with Crippen LogP contribution >= 0.6 is 0 Å². The molecule has 0 amide bonds. The van der Waals surface area contributed by atoms with Crippen molar-refractivity contribution in [2.45, 2.75) is 11.8 Å². The van der Waals surface area contributed by atoms with Crippen LogP contribution in [0.5, 0.6) is 28.7 Å². The van der Waals surface area contributed by atoms with E-state index in [4.69, 9.17) is 18.9 Å². The van der Waals surface area contributed by atoms with Crippen LogP contribution in [-0.4, -0.2) is 42.0 Å². The minimum Gasteiger partial charge on any atom is -0.504 e. The Kier molecular flexibility index (Phi) is 6.22. The number of ether oxygens (including phenoxy) is 4. The number of rotatable bonds is 7. The summed E-state index contributed by atoms with van der Waals surface area (Å²) >= 11 is 0. The Morgan fingerprint density at radius 3 is 1.89 bits per heavy atom. The highest BCUT2D eigenvalue weighted by Crippen LogP contribution is 2.40.